The highest BCUT2D eigenvalue weighted by atomic mass is 19.4. The van der Waals surface area contributed by atoms with Crippen LogP contribution in [0.25, 0.3) is 0 Å². The third kappa shape index (κ3) is 5.38. The van der Waals surface area contributed by atoms with E-state index in [1.807, 2.05) is 14.1 Å². The first kappa shape index (κ1) is 16.8. The van der Waals surface area contributed by atoms with Crippen LogP contribution in [-0.4, -0.2) is 37.4 Å². The van der Waals surface area contributed by atoms with Gasteiger partial charge < -0.3 is 15.0 Å². The molecule has 1 N–H and O–H groups in total. The number of alkyl halides is 3. The number of hydrogen-bond acceptors (Lipinski definition) is 3. The molecule has 0 bridgehead atoms. The van der Waals surface area contributed by atoms with Crippen molar-refractivity contribution < 1.29 is 17.9 Å². The van der Waals surface area contributed by atoms with Crippen LogP contribution in [0, 0.1) is 0 Å². The first-order valence-electron chi connectivity index (χ1n) is 6.33. The molecule has 0 heterocycles. The summed E-state index contributed by atoms with van der Waals surface area (Å²) < 4.78 is 40.9. The molecule has 1 aromatic carbocycles. The van der Waals surface area contributed by atoms with E-state index >= 15 is 0 Å². The lowest BCUT2D eigenvalue weighted by molar-refractivity contribution is -0.274. The molecule has 1 rings (SSSR count). The number of para-hydroxylation sites is 1. The second-order valence-electron chi connectivity index (χ2n) is 5.47. The Bertz CT molecular complexity index is 431. The Kier molecular flexibility index (Phi) is 5.42. The van der Waals surface area contributed by atoms with Crippen molar-refractivity contribution in [3.63, 3.8) is 0 Å². The molecule has 0 aromatic heterocycles. The third-order valence-electron chi connectivity index (χ3n) is 3.28. The van der Waals surface area contributed by atoms with Crippen molar-refractivity contribution in [2.75, 3.05) is 20.6 Å². The van der Waals surface area contributed by atoms with Gasteiger partial charge in [0, 0.05) is 24.2 Å². The van der Waals surface area contributed by atoms with Crippen molar-refractivity contribution in [2.45, 2.75) is 32.3 Å². The van der Waals surface area contributed by atoms with Crippen LogP contribution in [0.2, 0.25) is 0 Å². The maximum atomic E-state index is 12.3. The zero-order chi connectivity index (χ0) is 15.4. The zero-order valence-electron chi connectivity index (χ0n) is 12.2. The number of benzene rings is 1. The third-order valence-corrected chi connectivity index (χ3v) is 3.28. The number of likely N-dealkylation sites (N-methyl/N-ethyl adjacent to an activating group) is 1. The van der Waals surface area contributed by atoms with Crippen molar-refractivity contribution in [3.05, 3.63) is 29.8 Å². The summed E-state index contributed by atoms with van der Waals surface area (Å²) >= 11 is 0. The maximum absolute atomic E-state index is 12.3. The van der Waals surface area contributed by atoms with Gasteiger partial charge in [0.05, 0.1) is 0 Å². The van der Waals surface area contributed by atoms with Gasteiger partial charge in [-0.1, -0.05) is 18.2 Å². The van der Waals surface area contributed by atoms with Crippen molar-refractivity contribution in [3.8, 4) is 5.75 Å². The van der Waals surface area contributed by atoms with Crippen LogP contribution < -0.4 is 10.1 Å². The Morgan fingerprint density at radius 3 is 2.30 bits per heavy atom. The average Bonchev–Trinajstić information content (AvgIpc) is 2.29. The fourth-order valence-corrected chi connectivity index (χ4v) is 1.54. The van der Waals surface area contributed by atoms with Crippen LogP contribution in [-0.2, 0) is 6.54 Å². The van der Waals surface area contributed by atoms with E-state index in [9.17, 15) is 13.2 Å². The van der Waals surface area contributed by atoms with Crippen LogP contribution in [0.15, 0.2) is 24.3 Å². The molecule has 0 aliphatic heterocycles. The van der Waals surface area contributed by atoms with Gasteiger partial charge in [-0.25, -0.2) is 0 Å². The van der Waals surface area contributed by atoms with E-state index in [4.69, 9.17) is 0 Å². The van der Waals surface area contributed by atoms with Gasteiger partial charge in [0.1, 0.15) is 5.75 Å². The Hall–Kier alpha value is -1.27. The van der Waals surface area contributed by atoms with Crippen molar-refractivity contribution in [1.82, 2.24) is 10.2 Å². The van der Waals surface area contributed by atoms with E-state index in [1.54, 1.807) is 12.1 Å². The van der Waals surface area contributed by atoms with Crippen LogP contribution >= 0.6 is 0 Å². The van der Waals surface area contributed by atoms with Gasteiger partial charge in [0.25, 0.3) is 0 Å². The molecule has 0 atom stereocenters. The summed E-state index contributed by atoms with van der Waals surface area (Å²) in [7, 11) is 3.92. The second kappa shape index (κ2) is 6.45. The summed E-state index contributed by atoms with van der Waals surface area (Å²) in [6.07, 6.45) is -4.67. The van der Waals surface area contributed by atoms with Gasteiger partial charge in [-0.05, 0) is 34.0 Å². The largest absolute Gasteiger partial charge is 0.573 e. The number of nitrogens with one attached hydrogen (secondary N) is 1. The minimum atomic E-state index is -4.67. The van der Waals surface area contributed by atoms with Gasteiger partial charge in [-0.3, -0.25) is 0 Å². The molecule has 0 radical (unpaired) electrons. The highest BCUT2D eigenvalue weighted by Gasteiger charge is 2.32. The topological polar surface area (TPSA) is 24.5 Å². The molecular weight excluding hydrogens is 269 g/mol. The first-order valence-corrected chi connectivity index (χ1v) is 6.33. The minimum absolute atomic E-state index is 0.0835. The molecule has 0 aliphatic carbocycles. The Labute approximate surface area is 117 Å². The smallest absolute Gasteiger partial charge is 0.405 e. The molecule has 0 amide bonds. The number of halogens is 3. The predicted molar refractivity (Wildman–Crippen MR) is 72.6 cm³/mol. The molecule has 0 unspecified atom stereocenters. The molecule has 0 saturated carbocycles. The average molecular weight is 290 g/mol. The number of rotatable bonds is 6. The zero-order valence-corrected chi connectivity index (χ0v) is 12.2. The quantitative estimate of drug-likeness (QED) is 0.871. The molecule has 0 saturated heterocycles. The van der Waals surface area contributed by atoms with Gasteiger partial charge in [-0.2, -0.15) is 0 Å². The van der Waals surface area contributed by atoms with Crippen LogP contribution in [0.1, 0.15) is 19.4 Å². The Balaban J connectivity index is 2.65. The molecule has 0 fully saturated rings. The summed E-state index contributed by atoms with van der Waals surface area (Å²) in [5, 5.41) is 3.16. The summed E-state index contributed by atoms with van der Waals surface area (Å²) in [6.45, 7) is 5.08. The fraction of sp³-hybridized carbons (Fsp3) is 0.571. The summed E-state index contributed by atoms with van der Waals surface area (Å²) in [5.41, 5.74) is 0.402. The molecule has 0 aliphatic rings. The van der Waals surface area contributed by atoms with E-state index < -0.39 is 6.36 Å². The Morgan fingerprint density at radius 1 is 1.15 bits per heavy atom. The molecule has 114 valence electrons. The van der Waals surface area contributed by atoms with Gasteiger partial charge in [0.2, 0.25) is 0 Å². The number of nitrogens with zero attached hydrogens (tertiary/aromatic N) is 1. The van der Waals surface area contributed by atoms with Crippen LogP contribution in [0.3, 0.4) is 0 Å². The number of hydrogen-bond donors (Lipinski definition) is 1. The maximum Gasteiger partial charge on any atom is 0.573 e. The van der Waals surface area contributed by atoms with E-state index in [0.717, 1.165) is 0 Å². The molecule has 3 nitrogen and oxygen atoms in total. The van der Waals surface area contributed by atoms with E-state index in [-0.39, 0.29) is 11.3 Å². The van der Waals surface area contributed by atoms with E-state index in [2.05, 4.69) is 28.8 Å². The van der Waals surface area contributed by atoms with Crippen LogP contribution in [0.5, 0.6) is 5.75 Å². The van der Waals surface area contributed by atoms with Crippen molar-refractivity contribution >= 4 is 0 Å². The highest BCUT2D eigenvalue weighted by Crippen LogP contribution is 2.26. The standard InChI is InChI=1S/C14H21F3N2O/c1-13(2,19(3)4)10-18-9-11-7-5-6-8-12(11)20-14(15,16)17/h5-8,18H,9-10H2,1-4H3. The summed E-state index contributed by atoms with van der Waals surface area (Å²) in [5.74, 6) is -0.157. The van der Waals surface area contributed by atoms with E-state index in [1.165, 1.54) is 12.1 Å². The summed E-state index contributed by atoms with van der Waals surface area (Å²) in [4.78, 5) is 2.05. The first-order chi connectivity index (χ1) is 9.12. The number of ether oxygens (including phenoxy) is 1. The molecule has 6 heteroatoms. The lowest BCUT2D eigenvalue weighted by atomic mass is 10.0. The lowest BCUT2D eigenvalue weighted by Gasteiger charge is -2.32. The second-order valence-corrected chi connectivity index (χ2v) is 5.47. The minimum Gasteiger partial charge on any atom is -0.405 e. The molecule has 1 aromatic rings. The lowest BCUT2D eigenvalue weighted by Crippen LogP contribution is -2.46. The van der Waals surface area contributed by atoms with Gasteiger partial charge in [-0.15, -0.1) is 13.2 Å². The normalized spacial score (nSPS) is 12.8. The fourth-order valence-electron chi connectivity index (χ4n) is 1.54. The SMILES string of the molecule is CN(C)C(C)(C)CNCc1ccccc1OC(F)(F)F. The van der Waals surface area contributed by atoms with Gasteiger partial charge in [0.15, 0.2) is 0 Å². The van der Waals surface area contributed by atoms with E-state index in [0.29, 0.717) is 18.7 Å². The van der Waals surface area contributed by atoms with Crippen LogP contribution in [0.4, 0.5) is 13.2 Å². The van der Waals surface area contributed by atoms with Crippen molar-refractivity contribution in [1.29, 1.82) is 0 Å². The monoisotopic (exact) mass is 290 g/mol. The summed E-state index contributed by atoms with van der Waals surface area (Å²) in [6, 6.07) is 6.16. The molecule has 0 spiro atoms. The molecular formula is C14H21F3N2O. The highest BCUT2D eigenvalue weighted by molar-refractivity contribution is 5.33. The van der Waals surface area contributed by atoms with Crippen molar-refractivity contribution in [2.24, 2.45) is 0 Å². The predicted octanol–water partition coefficient (Wildman–Crippen LogP) is 3.02. The molecule has 20 heavy (non-hydrogen) atoms. The Morgan fingerprint density at radius 2 is 1.75 bits per heavy atom. The van der Waals surface area contributed by atoms with Gasteiger partial charge >= 0.3 is 6.36 Å².